The molecule has 0 spiro atoms. The molecule has 0 aliphatic rings. The molecule has 2 aromatic rings. The highest BCUT2D eigenvalue weighted by Crippen LogP contribution is 2.22. The Bertz CT molecular complexity index is 551. The van der Waals surface area contributed by atoms with E-state index >= 15 is 0 Å². The van der Waals surface area contributed by atoms with Crippen molar-refractivity contribution in [2.24, 2.45) is 0 Å². The van der Waals surface area contributed by atoms with Gasteiger partial charge in [-0.15, -0.1) is 16.8 Å². The maximum absolute atomic E-state index is 13.0. The van der Waals surface area contributed by atoms with Crippen molar-refractivity contribution in [3.05, 3.63) is 54.1 Å². The van der Waals surface area contributed by atoms with Gasteiger partial charge in [0.1, 0.15) is 11.6 Å². The van der Waals surface area contributed by atoms with Crippen molar-refractivity contribution in [2.75, 3.05) is 0 Å². The van der Waals surface area contributed by atoms with Gasteiger partial charge in [0.25, 0.3) is 0 Å². The van der Waals surface area contributed by atoms with Crippen LogP contribution in [0.25, 0.3) is 0 Å². The van der Waals surface area contributed by atoms with Crippen molar-refractivity contribution >= 4 is 11.8 Å². The lowest BCUT2D eigenvalue weighted by Crippen LogP contribution is -2.00. The van der Waals surface area contributed by atoms with Gasteiger partial charge in [-0.1, -0.05) is 30.0 Å². The summed E-state index contributed by atoms with van der Waals surface area (Å²) < 4.78 is 15.0. The van der Waals surface area contributed by atoms with Crippen molar-refractivity contribution in [3.63, 3.8) is 0 Å². The molecule has 94 valence electrons. The number of nitrogens with zero attached hydrogens (tertiary/aromatic N) is 3. The van der Waals surface area contributed by atoms with Crippen LogP contribution in [0.2, 0.25) is 0 Å². The summed E-state index contributed by atoms with van der Waals surface area (Å²) >= 11 is 1.54. The van der Waals surface area contributed by atoms with Crippen molar-refractivity contribution in [2.45, 2.75) is 24.4 Å². The Morgan fingerprint density at radius 3 is 3.00 bits per heavy atom. The lowest BCUT2D eigenvalue weighted by Gasteiger charge is -2.05. The smallest absolute Gasteiger partial charge is 0.191 e. The molecule has 0 saturated heterocycles. The highest BCUT2D eigenvalue weighted by Gasteiger charge is 2.08. The van der Waals surface area contributed by atoms with E-state index in [1.807, 2.05) is 23.6 Å². The molecule has 0 fully saturated rings. The molecule has 0 atom stereocenters. The highest BCUT2D eigenvalue weighted by atomic mass is 32.2. The quantitative estimate of drug-likeness (QED) is 0.613. The first-order chi connectivity index (χ1) is 8.70. The molecule has 0 N–H and O–H groups in total. The van der Waals surface area contributed by atoms with E-state index in [9.17, 15) is 4.39 Å². The highest BCUT2D eigenvalue weighted by molar-refractivity contribution is 7.98. The fourth-order valence-corrected chi connectivity index (χ4v) is 2.52. The fourth-order valence-electron chi connectivity index (χ4n) is 1.58. The van der Waals surface area contributed by atoms with E-state index in [0.717, 1.165) is 16.5 Å². The standard InChI is InChI=1S/C13H14FN3S/c1-3-7-17-10(2)15-16-13(17)18-9-11-5-4-6-12(14)8-11/h3-6,8H,1,7,9H2,2H3. The summed E-state index contributed by atoms with van der Waals surface area (Å²) in [5.74, 6) is 1.32. The van der Waals surface area contributed by atoms with Gasteiger partial charge in [0.2, 0.25) is 0 Å². The fraction of sp³-hybridized carbons (Fsp3) is 0.231. The number of rotatable bonds is 5. The summed E-state index contributed by atoms with van der Waals surface area (Å²) in [6.07, 6.45) is 1.81. The maximum Gasteiger partial charge on any atom is 0.191 e. The van der Waals surface area contributed by atoms with Crippen LogP contribution in [-0.2, 0) is 12.3 Å². The molecule has 5 heteroatoms. The van der Waals surface area contributed by atoms with Crippen molar-refractivity contribution in [1.29, 1.82) is 0 Å². The summed E-state index contributed by atoms with van der Waals surface area (Å²) in [4.78, 5) is 0. The number of hydrogen-bond acceptors (Lipinski definition) is 3. The zero-order valence-corrected chi connectivity index (χ0v) is 11.0. The molecular weight excluding hydrogens is 249 g/mol. The van der Waals surface area contributed by atoms with E-state index in [1.165, 1.54) is 12.1 Å². The maximum atomic E-state index is 13.0. The third-order valence-corrected chi connectivity index (χ3v) is 3.51. The summed E-state index contributed by atoms with van der Waals surface area (Å²) in [6.45, 7) is 6.30. The Morgan fingerprint density at radius 2 is 2.28 bits per heavy atom. The van der Waals surface area contributed by atoms with E-state index in [-0.39, 0.29) is 5.82 Å². The predicted molar refractivity (Wildman–Crippen MR) is 70.9 cm³/mol. The lowest BCUT2D eigenvalue weighted by atomic mass is 10.2. The monoisotopic (exact) mass is 263 g/mol. The Labute approximate surface area is 110 Å². The SMILES string of the molecule is C=CCn1c(C)nnc1SCc1cccc(F)c1. The summed E-state index contributed by atoms with van der Waals surface area (Å²) in [5.41, 5.74) is 0.936. The summed E-state index contributed by atoms with van der Waals surface area (Å²) in [6, 6.07) is 6.59. The second kappa shape index (κ2) is 5.82. The van der Waals surface area contributed by atoms with E-state index < -0.39 is 0 Å². The number of halogens is 1. The Balaban J connectivity index is 2.08. The average molecular weight is 263 g/mol. The second-order valence-electron chi connectivity index (χ2n) is 3.85. The molecule has 2 rings (SSSR count). The van der Waals surface area contributed by atoms with Gasteiger partial charge in [-0.25, -0.2) is 4.39 Å². The van der Waals surface area contributed by atoms with Gasteiger partial charge in [0.05, 0.1) is 0 Å². The second-order valence-corrected chi connectivity index (χ2v) is 4.79. The van der Waals surface area contributed by atoms with E-state index in [4.69, 9.17) is 0 Å². The minimum Gasteiger partial charge on any atom is -0.302 e. The van der Waals surface area contributed by atoms with Crippen LogP contribution in [0.5, 0.6) is 0 Å². The normalized spacial score (nSPS) is 10.6. The van der Waals surface area contributed by atoms with Crippen LogP contribution in [0.15, 0.2) is 42.1 Å². The molecule has 1 aromatic heterocycles. The third-order valence-electron chi connectivity index (χ3n) is 2.47. The lowest BCUT2D eigenvalue weighted by molar-refractivity contribution is 0.626. The van der Waals surface area contributed by atoms with Gasteiger partial charge < -0.3 is 4.57 Å². The predicted octanol–water partition coefficient (Wildman–Crippen LogP) is 3.20. The molecule has 0 aliphatic carbocycles. The number of thioether (sulfide) groups is 1. The zero-order valence-electron chi connectivity index (χ0n) is 10.1. The van der Waals surface area contributed by atoms with Crippen LogP contribution in [0.1, 0.15) is 11.4 Å². The number of allylic oxidation sites excluding steroid dienone is 1. The van der Waals surface area contributed by atoms with Crippen LogP contribution in [0.4, 0.5) is 4.39 Å². The Hall–Kier alpha value is -1.62. The first-order valence-corrected chi connectivity index (χ1v) is 6.57. The Morgan fingerprint density at radius 1 is 1.44 bits per heavy atom. The molecule has 0 saturated carbocycles. The number of hydrogen-bond donors (Lipinski definition) is 0. The van der Waals surface area contributed by atoms with Gasteiger partial charge in [-0.3, -0.25) is 0 Å². The molecule has 0 radical (unpaired) electrons. The first kappa shape index (κ1) is 12.8. The zero-order chi connectivity index (χ0) is 13.0. The summed E-state index contributed by atoms with van der Waals surface area (Å²) in [7, 11) is 0. The van der Waals surface area contributed by atoms with Crippen LogP contribution in [-0.4, -0.2) is 14.8 Å². The van der Waals surface area contributed by atoms with Crippen LogP contribution in [0, 0.1) is 12.7 Å². The first-order valence-electron chi connectivity index (χ1n) is 5.58. The Kier molecular flexibility index (Phi) is 4.15. The minimum atomic E-state index is -0.211. The molecule has 3 nitrogen and oxygen atoms in total. The molecule has 0 bridgehead atoms. The average Bonchev–Trinajstić information content (AvgIpc) is 2.69. The van der Waals surface area contributed by atoms with Gasteiger partial charge in [-0.05, 0) is 24.6 Å². The van der Waals surface area contributed by atoms with Gasteiger partial charge >= 0.3 is 0 Å². The number of benzene rings is 1. The van der Waals surface area contributed by atoms with Crippen LogP contribution in [0.3, 0.4) is 0 Å². The molecule has 1 aromatic carbocycles. The van der Waals surface area contributed by atoms with Crippen LogP contribution >= 0.6 is 11.8 Å². The topological polar surface area (TPSA) is 30.7 Å². The number of aryl methyl sites for hydroxylation is 1. The molecule has 0 aliphatic heterocycles. The third kappa shape index (κ3) is 2.98. The minimum absolute atomic E-state index is 0.211. The van der Waals surface area contributed by atoms with Crippen molar-refractivity contribution in [3.8, 4) is 0 Å². The number of aromatic nitrogens is 3. The molecule has 0 unspecified atom stereocenters. The van der Waals surface area contributed by atoms with Gasteiger partial charge in [0.15, 0.2) is 5.16 Å². The van der Waals surface area contributed by atoms with Crippen LogP contribution < -0.4 is 0 Å². The molecule has 0 amide bonds. The molecule has 18 heavy (non-hydrogen) atoms. The van der Waals surface area contributed by atoms with Crippen molar-refractivity contribution < 1.29 is 4.39 Å². The largest absolute Gasteiger partial charge is 0.302 e. The van der Waals surface area contributed by atoms with Crippen molar-refractivity contribution in [1.82, 2.24) is 14.8 Å². The van der Waals surface area contributed by atoms with E-state index in [2.05, 4.69) is 16.8 Å². The van der Waals surface area contributed by atoms with E-state index in [0.29, 0.717) is 12.3 Å². The van der Waals surface area contributed by atoms with Gasteiger partial charge in [-0.2, -0.15) is 0 Å². The molecular formula is C13H14FN3S. The molecule has 1 heterocycles. The van der Waals surface area contributed by atoms with Gasteiger partial charge in [0, 0.05) is 12.3 Å². The summed E-state index contributed by atoms with van der Waals surface area (Å²) in [5, 5.41) is 8.97. The van der Waals surface area contributed by atoms with E-state index in [1.54, 1.807) is 17.8 Å².